The highest BCUT2D eigenvalue weighted by Gasteiger charge is 2.19. The Labute approximate surface area is 118 Å². The van der Waals surface area contributed by atoms with Crippen LogP contribution < -0.4 is 10.1 Å². The van der Waals surface area contributed by atoms with Crippen molar-refractivity contribution in [3.8, 4) is 5.75 Å². The van der Waals surface area contributed by atoms with E-state index in [0.717, 1.165) is 12.3 Å². The molecule has 0 spiro atoms. The van der Waals surface area contributed by atoms with E-state index in [2.05, 4.69) is 51.2 Å². The molecule has 0 aliphatic heterocycles. The topological polar surface area (TPSA) is 21.3 Å². The molecule has 1 aromatic rings. The maximum Gasteiger partial charge on any atom is 0.119 e. The van der Waals surface area contributed by atoms with Crippen LogP contribution in [-0.4, -0.2) is 13.7 Å². The highest BCUT2D eigenvalue weighted by molar-refractivity contribution is 5.37. The maximum absolute atomic E-state index is 5.30. The van der Waals surface area contributed by atoms with Crippen LogP contribution in [0.3, 0.4) is 0 Å². The largest absolute Gasteiger partial charge is 0.497 e. The van der Waals surface area contributed by atoms with Crippen LogP contribution in [0.25, 0.3) is 0 Å². The van der Waals surface area contributed by atoms with E-state index in [4.69, 9.17) is 4.74 Å². The monoisotopic (exact) mass is 263 g/mol. The average Bonchev–Trinajstić information content (AvgIpc) is 2.40. The normalized spacial score (nSPS) is 14.2. The average molecular weight is 263 g/mol. The molecular weight excluding hydrogens is 234 g/mol. The number of hydrogen-bond donors (Lipinski definition) is 1. The van der Waals surface area contributed by atoms with Gasteiger partial charge in [0, 0.05) is 6.04 Å². The number of hydrogen-bond acceptors (Lipinski definition) is 2. The van der Waals surface area contributed by atoms with Gasteiger partial charge in [0.05, 0.1) is 7.11 Å². The Morgan fingerprint density at radius 1 is 1.21 bits per heavy atom. The van der Waals surface area contributed by atoms with Gasteiger partial charge in [0.1, 0.15) is 5.75 Å². The number of methoxy groups -OCH3 is 1. The Kier molecular flexibility index (Phi) is 6.93. The zero-order valence-corrected chi connectivity index (χ0v) is 13.1. The summed E-state index contributed by atoms with van der Waals surface area (Å²) in [6.45, 7) is 10.1. The molecule has 0 amide bonds. The van der Waals surface area contributed by atoms with E-state index in [1.54, 1.807) is 7.11 Å². The highest BCUT2D eigenvalue weighted by Crippen LogP contribution is 2.30. The lowest BCUT2D eigenvalue weighted by Gasteiger charge is -2.27. The van der Waals surface area contributed by atoms with Crippen LogP contribution in [0.2, 0.25) is 0 Å². The lowest BCUT2D eigenvalue weighted by Crippen LogP contribution is -2.28. The first-order chi connectivity index (χ1) is 9.13. The molecule has 19 heavy (non-hydrogen) atoms. The first kappa shape index (κ1) is 16.0. The number of benzene rings is 1. The Morgan fingerprint density at radius 2 is 1.95 bits per heavy atom. The number of ether oxygens (including phenoxy) is 1. The predicted octanol–water partition coefficient (Wildman–Crippen LogP) is 4.48. The van der Waals surface area contributed by atoms with Crippen LogP contribution in [0.15, 0.2) is 18.2 Å². The summed E-state index contributed by atoms with van der Waals surface area (Å²) in [4.78, 5) is 0. The van der Waals surface area contributed by atoms with E-state index in [0.29, 0.717) is 12.0 Å². The zero-order chi connectivity index (χ0) is 14.3. The summed E-state index contributed by atoms with van der Waals surface area (Å²) in [7, 11) is 1.72. The van der Waals surface area contributed by atoms with Crippen molar-refractivity contribution < 1.29 is 4.74 Å². The molecule has 2 nitrogen and oxygen atoms in total. The van der Waals surface area contributed by atoms with E-state index in [9.17, 15) is 0 Å². The van der Waals surface area contributed by atoms with Gasteiger partial charge in [-0.1, -0.05) is 33.3 Å². The minimum Gasteiger partial charge on any atom is -0.497 e. The molecule has 1 aromatic carbocycles. The van der Waals surface area contributed by atoms with Gasteiger partial charge < -0.3 is 10.1 Å². The summed E-state index contributed by atoms with van der Waals surface area (Å²) in [6, 6.07) is 6.87. The smallest absolute Gasteiger partial charge is 0.119 e. The molecule has 2 unspecified atom stereocenters. The van der Waals surface area contributed by atoms with E-state index in [-0.39, 0.29) is 0 Å². The van der Waals surface area contributed by atoms with Crippen molar-refractivity contribution >= 4 is 0 Å². The van der Waals surface area contributed by atoms with Gasteiger partial charge >= 0.3 is 0 Å². The molecule has 0 saturated heterocycles. The summed E-state index contributed by atoms with van der Waals surface area (Å²) < 4.78 is 5.30. The Bertz CT molecular complexity index is 376. The van der Waals surface area contributed by atoms with Gasteiger partial charge in [-0.15, -0.1) is 0 Å². The molecule has 0 radical (unpaired) electrons. The molecule has 2 atom stereocenters. The summed E-state index contributed by atoms with van der Waals surface area (Å²) in [5, 5.41) is 3.71. The molecule has 0 saturated carbocycles. The van der Waals surface area contributed by atoms with Crippen molar-refractivity contribution in [2.75, 3.05) is 13.7 Å². The Hall–Kier alpha value is -1.02. The molecule has 0 aromatic heterocycles. The van der Waals surface area contributed by atoms with E-state index in [1.165, 1.54) is 30.4 Å². The second-order valence-electron chi connectivity index (χ2n) is 5.42. The molecule has 108 valence electrons. The van der Waals surface area contributed by atoms with Crippen molar-refractivity contribution in [3.05, 3.63) is 29.3 Å². The third-order valence-electron chi connectivity index (χ3n) is 3.74. The fraction of sp³-hybridized carbons (Fsp3) is 0.647. The van der Waals surface area contributed by atoms with Gasteiger partial charge in [-0.2, -0.15) is 0 Å². The van der Waals surface area contributed by atoms with Crippen LogP contribution in [0.4, 0.5) is 0 Å². The molecule has 0 aliphatic rings. The van der Waals surface area contributed by atoms with Crippen LogP contribution in [-0.2, 0) is 0 Å². The van der Waals surface area contributed by atoms with Crippen molar-refractivity contribution in [2.45, 2.75) is 53.0 Å². The maximum atomic E-state index is 5.30. The van der Waals surface area contributed by atoms with Gasteiger partial charge in [-0.3, -0.25) is 0 Å². The second kappa shape index (κ2) is 8.21. The first-order valence-electron chi connectivity index (χ1n) is 7.51. The number of rotatable bonds is 8. The van der Waals surface area contributed by atoms with E-state index < -0.39 is 0 Å². The molecule has 1 rings (SSSR count). The molecule has 0 heterocycles. The van der Waals surface area contributed by atoms with Crippen LogP contribution in [0.1, 0.15) is 57.2 Å². The molecule has 0 fully saturated rings. The second-order valence-corrected chi connectivity index (χ2v) is 5.42. The van der Waals surface area contributed by atoms with Gasteiger partial charge in [0.15, 0.2) is 0 Å². The standard InChI is InChI=1S/C17H29NO/c1-6-8-13(3)17(18-11-7-2)16-10-9-15(19-5)12-14(16)4/h9-10,12-13,17-18H,6-8,11H2,1-5H3. The predicted molar refractivity (Wildman–Crippen MR) is 82.8 cm³/mol. The van der Waals surface area contributed by atoms with Crippen LogP contribution in [0, 0.1) is 12.8 Å². The SMILES string of the molecule is CCCNC(c1ccc(OC)cc1C)C(C)CCC. The summed E-state index contributed by atoms with van der Waals surface area (Å²) >= 11 is 0. The summed E-state index contributed by atoms with van der Waals surface area (Å²) in [5.74, 6) is 1.60. The van der Waals surface area contributed by atoms with Crippen molar-refractivity contribution in [1.29, 1.82) is 0 Å². The van der Waals surface area contributed by atoms with Gasteiger partial charge in [0.2, 0.25) is 0 Å². The third kappa shape index (κ3) is 4.54. The molecule has 0 aliphatic carbocycles. The zero-order valence-electron chi connectivity index (χ0n) is 13.1. The lowest BCUT2D eigenvalue weighted by atomic mass is 9.88. The Balaban J connectivity index is 2.95. The van der Waals surface area contributed by atoms with Gasteiger partial charge in [0.25, 0.3) is 0 Å². The fourth-order valence-electron chi connectivity index (χ4n) is 2.66. The van der Waals surface area contributed by atoms with Crippen LogP contribution >= 0.6 is 0 Å². The number of aryl methyl sites for hydroxylation is 1. The van der Waals surface area contributed by atoms with Gasteiger partial charge in [-0.25, -0.2) is 0 Å². The first-order valence-corrected chi connectivity index (χ1v) is 7.51. The minimum absolute atomic E-state index is 0.450. The highest BCUT2D eigenvalue weighted by atomic mass is 16.5. The third-order valence-corrected chi connectivity index (χ3v) is 3.74. The minimum atomic E-state index is 0.450. The number of nitrogens with one attached hydrogen (secondary N) is 1. The lowest BCUT2D eigenvalue weighted by molar-refractivity contribution is 0.361. The van der Waals surface area contributed by atoms with Gasteiger partial charge in [-0.05, 0) is 55.5 Å². The molecule has 2 heteroatoms. The quantitative estimate of drug-likeness (QED) is 0.746. The summed E-state index contributed by atoms with van der Waals surface area (Å²) in [6.07, 6.45) is 3.66. The van der Waals surface area contributed by atoms with Crippen LogP contribution in [0.5, 0.6) is 5.75 Å². The van der Waals surface area contributed by atoms with Crippen molar-refractivity contribution in [3.63, 3.8) is 0 Å². The molecule has 0 bridgehead atoms. The van der Waals surface area contributed by atoms with E-state index in [1.807, 2.05) is 0 Å². The Morgan fingerprint density at radius 3 is 2.47 bits per heavy atom. The summed E-state index contributed by atoms with van der Waals surface area (Å²) in [5.41, 5.74) is 2.73. The van der Waals surface area contributed by atoms with Crippen molar-refractivity contribution in [1.82, 2.24) is 5.32 Å². The molecular formula is C17H29NO. The van der Waals surface area contributed by atoms with E-state index >= 15 is 0 Å². The fourth-order valence-corrected chi connectivity index (χ4v) is 2.66. The molecule has 1 N–H and O–H groups in total. The van der Waals surface area contributed by atoms with Crippen molar-refractivity contribution in [2.24, 2.45) is 5.92 Å².